The van der Waals surface area contributed by atoms with Gasteiger partial charge in [-0.05, 0) is 48.4 Å². The van der Waals surface area contributed by atoms with Gasteiger partial charge in [-0.2, -0.15) is 0 Å². The molecule has 3 aromatic rings. The number of nitrogens with one attached hydrogen (secondary N) is 1. The van der Waals surface area contributed by atoms with Gasteiger partial charge in [0.25, 0.3) is 11.8 Å². The molecule has 4 nitrogen and oxygen atoms in total. The fraction of sp³-hybridized carbons (Fsp3) is 0.154. The number of fused-ring (bicyclic) bond motifs is 1. The van der Waals surface area contributed by atoms with Crippen molar-refractivity contribution in [2.45, 2.75) is 24.8 Å². The Morgan fingerprint density at radius 3 is 2.50 bits per heavy atom. The van der Waals surface area contributed by atoms with Crippen molar-refractivity contribution in [1.29, 1.82) is 0 Å². The van der Waals surface area contributed by atoms with Crippen LogP contribution in [-0.2, 0) is 11.3 Å². The van der Waals surface area contributed by atoms with E-state index in [1.165, 1.54) is 17.8 Å². The van der Waals surface area contributed by atoms with Crippen molar-refractivity contribution in [2.24, 2.45) is 0 Å². The van der Waals surface area contributed by atoms with Crippen molar-refractivity contribution in [1.82, 2.24) is 5.32 Å². The highest BCUT2D eigenvalue weighted by Crippen LogP contribution is 2.42. The van der Waals surface area contributed by atoms with Gasteiger partial charge in [0, 0.05) is 22.6 Å². The van der Waals surface area contributed by atoms with E-state index in [9.17, 15) is 14.0 Å². The highest BCUT2D eigenvalue weighted by molar-refractivity contribution is 8.04. The number of para-hydroxylation sites is 1. The minimum atomic E-state index is -0.335. The summed E-state index contributed by atoms with van der Waals surface area (Å²) in [6, 6.07) is 21.3. The molecule has 0 unspecified atom stereocenters. The topological polar surface area (TPSA) is 49.4 Å². The molecule has 0 saturated carbocycles. The predicted molar refractivity (Wildman–Crippen MR) is 127 cm³/mol. The summed E-state index contributed by atoms with van der Waals surface area (Å²) in [5.41, 5.74) is 2.63. The van der Waals surface area contributed by atoms with E-state index < -0.39 is 0 Å². The molecule has 2 amide bonds. The van der Waals surface area contributed by atoms with Crippen molar-refractivity contribution in [3.8, 4) is 0 Å². The molecule has 1 aliphatic heterocycles. The van der Waals surface area contributed by atoms with Crippen molar-refractivity contribution in [3.63, 3.8) is 0 Å². The van der Waals surface area contributed by atoms with Gasteiger partial charge < -0.3 is 10.2 Å². The highest BCUT2D eigenvalue weighted by atomic mass is 32.2. The summed E-state index contributed by atoms with van der Waals surface area (Å²) in [5.74, 6) is -0.626. The first kappa shape index (κ1) is 21.8. The van der Waals surface area contributed by atoms with Crippen LogP contribution in [0.15, 0.2) is 82.6 Å². The third kappa shape index (κ3) is 4.75. The number of rotatable bonds is 6. The lowest BCUT2D eigenvalue weighted by Gasteiger charge is -2.30. The van der Waals surface area contributed by atoms with Gasteiger partial charge in [0.15, 0.2) is 0 Å². The number of thioether (sulfide) groups is 1. The summed E-state index contributed by atoms with van der Waals surface area (Å²) in [7, 11) is 0. The Morgan fingerprint density at radius 2 is 1.75 bits per heavy atom. The minimum absolute atomic E-state index is 0.112. The van der Waals surface area contributed by atoms with Gasteiger partial charge in [0.2, 0.25) is 0 Å². The summed E-state index contributed by atoms with van der Waals surface area (Å²) in [6.45, 7) is 2.78. The number of carbonyl (C=O) groups excluding carboxylic acids is 2. The van der Waals surface area contributed by atoms with Crippen LogP contribution >= 0.6 is 11.8 Å². The maximum Gasteiger partial charge on any atom is 0.265 e. The van der Waals surface area contributed by atoms with Crippen LogP contribution in [0.25, 0.3) is 6.08 Å². The van der Waals surface area contributed by atoms with E-state index in [2.05, 4.69) is 5.32 Å². The second-order valence-corrected chi connectivity index (χ2v) is 8.52. The van der Waals surface area contributed by atoms with E-state index in [0.29, 0.717) is 22.6 Å². The maximum absolute atomic E-state index is 14.3. The summed E-state index contributed by atoms with van der Waals surface area (Å²) in [4.78, 5) is 28.6. The van der Waals surface area contributed by atoms with Crippen LogP contribution in [0.3, 0.4) is 0 Å². The predicted octanol–water partition coefficient (Wildman–Crippen LogP) is 5.65. The van der Waals surface area contributed by atoms with E-state index in [-0.39, 0.29) is 24.2 Å². The van der Waals surface area contributed by atoms with Gasteiger partial charge in [-0.25, -0.2) is 4.39 Å². The molecule has 3 aromatic carbocycles. The van der Waals surface area contributed by atoms with E-state index in [0.717, 1.165) is 22.6 Å². The average Bonchev–Trinajstić information content (AvgIpc) is 2.82. The van der Waals surface area contributed by atoms with Gasteiger partial charge >= 0.3 is 0 Å². The Balaban J connectivity index is 1.62. The van der Waals surface area contributed by atoms with Gasteiger partial charge in [-0.1, -0.05) is 61.2 Å². The smallest absolute Gasteiger partial charge is 0.265 e. The Morgan fingerprint density at radius 1 is 1.03 bits per heavy atom. The van der Waals surface area contributed by atoms with Crippen molar-refractivity contribution in [3.05, 3.63) is 100 Å². The standard InChI is InChI=1S/C26H23FN2O2S/c1-2-15-28-25(30)19-13-11-18(12-14-19)16-24-26(31)29(17-20-7-3-4-8-21(20)27)22-9-5-6-10-23(22)32-24/h3-14,16H,2,15,17H2,1H3,(H,28,30)/b24-16-. The molecule has 0 saturated heterocycles. The number of amides is 2. The zero-order chi connectivity index (χ0) is 22.5. The largest absolute Gasteiger partial charge is 0.352 e. The number of hydrogen-bond acceptors (Lipinski definition) is 3. The Hall–Kier alpha value is -3.38. The minimum Gasteiger partial charge on any atom is -0.352 e. The summed E-state index contributed by atoms with van der Waals surface area (Å²) in [5, 5.41) is 2.85. The fourth-order valence-electron chi connectivity index (χ4n) is 3.44. The number of hydrogen-bond donors (Lipinski definition) is 1. The SMILES string of the molecule is CCCNC(=O)c1ccc(/C=C2\Sc3ccccc3N(Cc3ccccc3F)C2=O)cc1. The van der Waals surface area contributed by atoms with Crippen LogP contribution in [-0.4, -0.2) is 18.4 Å². The Bertz CT molecular complexity index is 1170. The third-order valence-corrected chi connectivity index (χ3v) is 6.20. The number of anilines is 1. The van der Waals surface area contributed by atoms with E-state index in [1.807, 2.05) is 49.4 Å². The molecule has 0 aromatic heterocycles. The molecule has 1 heterocycles. The van der Waals surface area contributed by atoms with Crippen LogP contribution in [0.1, 0.15) is 34.8 Å². The Kier molecular flexibility index (Phi) is 6.71. The summed E-state index contributed by atoms with van der Waals surface area (Å²) in [6.07, 6.45) is 2.69. The lowest BCUT2D eigenvalue weighted by molar-refractivity contribution is -0.114. The second-order valence-electron chi connectivity index (χ2n) is 7.44. The van der Waals surface area contributed by atoms with Crippen molar-refractivity contribution in [2.75, 3.05) is 11.4 Å². The lowest BCUT2D eigenvalue weighted by atomic mass is 10.1. The summed E-state index contributed by atoms with van der Waals surface area (Å²) < 4.78 is 14.3. The lowest BCUT2D eigenvalue weighted by Crippen LogP contribution is -2.34. The third-order valence-electron chi connectivity index (χ3n) is 5.12. The van der Waals surface area contributed by atoms with Crippen LogP contribution in [0.2, 0.25) is 0 Å². The molecule has 1 N–H and O–H groups in total. The highest BCUT2D eigenvalue weighted by Gasteiger charge is 2.29. The number of nitrogens with zero attached hydrogens (tertiary/aromatic N) is 1. The molecule has 0 spiro atoms. The van der Waals surface area contributed by atoms with Gasteiger partial charge in [0.05, 0.1) is 17.1 Å². The van der Waals surface area contributed by atoms with Crippen LogP contribution in [0, 0.1) is 5.82 Å². The van der Waals surface area contributed by atoms with Gasteiger partial charge in [-0.15, -0.1) is 0 Å². The zero-order valence-corrected chi connectivity index (χ0v) is 18.5. The Labute approximate surface area is 191 Å². The van der Waals surface area contributed by atoms with Gasteiger partial charge in [-0.3, -0.25) is 9.59 Å². The molecule has 0 radical (unpaired) electrons. The van der Waals surface area contributed by atoms with Crippen LogP contribution in [0.4, 0.5) is 10.1 Å². The first-order chi connectivity index (χ1) is 15.6. The second kappa shape index (κ2) is 9.83. The molecule has 4 rings (SSSR count). The molecule has 0 atom stereocenters. The molecule has 0 bridgehead atoms. The molecule has 6 heteroatoms. The molecule has 1 aliphatic rings. The fourth-order valence-corrected chi connectivity index (χ4v) is 4.50. The van der Waals surface area contributed by atoms with E-state index in [1.54, 1.807) is 35.2 Å². The van der Waals surface area contributed by atoms with E-state index >= 15 is 0 Å². The average molecular weight is 447 g/mol. The quantitative estimate of drug-likeness (QED) is 0.498. The number of halogens is 1. The molecule has 32 heavy (non-hydrogen) atoms. The number of benzene rings is 3. The molecule has 0 aliphatic carbocycles. The monoisotopic (exact) mass is 446 g/mol. The van der Waals surface area contributed by atoms with Crippen molar-refractivity contribution < 1.29 is 14.0 Å². The van der Waals surface area contributed by atoms with Gasteiger partial charge in [0.1, 0.15) is 5.82 Å². The first-order valence-electron chi connectivity index (χ1n) is 10.5. The first-order valence-corrected chi connectivity index (χ1v) is 11.3. The van der Waals surface area contributed by atoms with Crippen molar-refractivity contribution >= 4 is 35.3 Å². The molecular weight excluding hydrogens is 423 g/mol. The molecule has 0 fully saturated rings. The van der Waals surface area contributed by atoms with Crippen LogP contribution < -0.4 is 10.2 Å². The molecule has 162 valence electrons. The zero-order valence-electron chi connectivity index (χ0n) is 17.7. The van der Waals surface area contributed by atoms with Crippen LogP contribution in [0.5, 0.6) is 0 Å². The van der Waals surface area contributed by atoms with E-state index in [4.69, 9.17) is 0 Å². The normalized spacial score (nSPS) is 14.4. The summed E-state index contributed by atoms with van der Waals surface area (Å²) >= 11 is 1.40. The number of carbonyl (C=O) groups is 2. The molecular formula is C26H23FN2O2S. The maximum atomic E-state index is 14.3.